The summed E-state index contributed by atoms with van der Waals surface area (Å²) in [5.74, 6) is -0.0938. The number of methoxy groups -OCH3 is 2. The topological polar surface area (TPSA) is 52.6 Å². The van der Waals surface area contributed by atoms with Crippen molar-refractivity contribution < 1.29 is 19.1 Å². The number of hydrogen-bond acceptors (Lipinski definition) is 4. The largest absolute Gasteiger partial charge is 0.496 e. The van der Waals surface area contributed by atoms with Gasteiger partial charge in [0.25, 0.3) is 0 Å². The molecule has 1 aromatic carbocycles. The number of Topliss-reactive ketones (excluding diaryl/α,β-unsaturated/α-hetero) is 2. The molecule has 1 aliphatic rings. The molecule has 0 saturated carbocycles. The van der Waals surface area contributed by atoms with Gasteiger partial charge in [-0.05, 0) is 25.1 Å². The maximum absolute atomic E-state index is 11.9. The number of carbonyl (C=O) groups excluding carboxylic acids is 2. The average molecular weight is 232 g/mol. The molecule has 0 aromatic heterocycles. The number of hydrogen-bond donors (Lipinski definition) is 0. The molecule has 0 N–H and O–H groups in total. The van der Waals surface area contributed by atoms with Crippen LogP contribution in [0.15, 0.2) is 17.7 Å². The molecule has 0 spiro atoms. The van der Waals surface area contributed by atoms with Gasteiger partial charge in [-0.2, -0.15) is 0 Å². The van der Waals surface area contributed by atoms with Crippen LogP contribution < -0.4 is 9.47 Å². The minimum absolute atomic E-state index is 0.280. The number of fused-ring (bicyclic) bond motifs is 1. The van der Waals surface area contributed by atoms with E-state index in [1.165, 1.54) is 14.2 Å². The zero-order valence-corrected chi connectivity index (χ0v) is 9.87. The van der Waals surface area contributed by atoms with E-state index >= 15 is 0 Å². The summed E-state index contributed by atoms with van der Waals surface area (Å²) in [5, 5.41) is 0. The van der Waals surface area contributed by atoms with Crippen molar-refractivity contribution in [1.82, 2.24) is 0 Å². The third-order valence-electron chi connectivity index (χ3n) is 2.76. The fraction of sp³-hybridized carbons (Fsp3) is 0.231. The van der Waals surface area contributed by atoms with Crippen molar-refractivity contribution >= 4 is 17.6 Å². The molecule has 1 aromatic rings. The van der Waals surface area contributed by atoms with Gasteiger partial charge >= 0.3 is 0 Å². The highest BCUT2D eigenvalue weighted by Crippen LogP contribution is 2.35. The first-order chi connectivity index (χ1) is 8.10. The van der Waals surface area contributed by atoms with E-state index in [0.717, 1.165) is 0 Å². The zero-order valence-electron chi connectivity index (χ0n) is 9.87. The molecule has 2 rings (SSSR count). The number of ketones is 2. The van der Waals surface area contributed by atoms with Gasteiger partial charge in [-0.25, -0.2) is 0 Å². The first-order valence-corrected chi connectivity index (χ1v) is 5.12. The van der Waals surface area contributed by atoms with Crippen molar-refractivity contribution in [3.63, 3.8) is 0 Å². The molecule has 0 radical (unpaired) electrons. The first kappa shape index (κ1) is 11.4. The Kier molecular flexibility index (Phi) is 2.71. The van der Waals surface area contributed by atoms with Crippen molar-refractivity contribution in [2.75, 3.05) is 14.2 Å². The van der Waals surface area contributed by atoms with E-state index in [9.17, 15) is 9.59 Å². The Morgan fingerprint density at radius 1 is 0.941 bits per heavy atom. The normalized spacial score (nSPS) is 14.2. The maximum atomic E-state index is 11.9. The second-order valence-electron chi connectivity index (χ2n) is 3.74. The minimum atomic E-state index is -0.546. The van der Waals surface area contributed by atoms with E-state index in [1.807, 2.05) is 0 Å². The second kappa shape index (κ2) is 4.05. The molecule has 4 nitrogen and oxygen atoms in total. The van der Waals surface area contributed by atoms with Crippen LogP contribution >= 0.6 is 0 Å². The summed E-state index contributed by atoms with van der Waals surface area (Å²) in [6.07, 6.45) is 1.65. The Hall–Kier alpha value is -2.10. The van der Waals surface area contributed by atoms with Crippen LogP contribution in [0.3, 0.4) is 0 Å². The zero-order chi connectivity index (χ0) is 12.6. The Labute approximate surface area is 98.8 Å². The maximum Gasteiger partial charge on any atom is 0.237 e. The van der Waals surface area contributed by atoms with Crippen LogP contribution in [0.5, 0.6) is 11.5 Å². The van der Waals surface area contributed by atoms with Crippen molar-refractivity contribution in [3.8, 4) is 11.5 Å². The Morgan fingerprint density at radius 2 is 1.53 bits per heavy atom. The molecule has 0 fully saturated rings. The van der Waals surface area contributed by atoms with Crippen LogP contribution in [0.2, 0.25) is 0 Å². The highest BCUT2D eigenvalue weighted by atomic mass is 16.5. The van der Waals surface area contributed by atoms with E-state index in [0.29, 0.717) is 22.6 Å². The number of allylic oxidation sites excluding steroid dienone is 1. The van der Waals surface area contributed by atoms with Crippen molar-refractivity contribution in [3.05, 3.63) is 28.8 Å². The summed E-state index contributed by atoms with van der Waals surface area (Å²) in [7, 11) is 2.98. The van der Waals surface area contributed by atoms with Crippen LogP contribution in [0.25, 0.3) is 6.08 Å². The molecule has 0 heterocycles. The number of rotatable bonds is 2. The summed E-state index contributed by atoms with van der Waals surface area (Å²) < 4.78 is 10.3. The van der Waals surface area contributed by atoms with E-state index < -0.39 is 11.6 Å². The molecule has 0 atom stereocenters. The predicted octanol–water partition coefficient (Wildman–Crippen LogP) is 1.87. The third-order valence-corrected chi connectivity index (χ3v) is 2.76. The number of ether oxygens (including phenoxy) is 2. The van der Waals surface area contributed by atoms with Gasteiger partial charge < -0.3 is 9.47 Å². The first-order valence-electron chi connectivity index (χ1n) is 5.12. The van der Waals surface area contributed by atoms with Gasteiger partial charge in [-0.3, -0.25) is 9.59 Å². The standard InChI is InChI=1S/C13H12O4/c1-7-6-8-9(16-2)4-5-10(17-3)11(8)13(15)12(7)14/h4-6H,1-3H3. The van der Waals surface area contributed by atoms with Crippen molar-refractivity contribution in [1.29, 1.82) is 0 Å². The lowest BCUT2D eigenvalue weighted by Crippen LogP contribution is -2.21. The highest BCUT2D eigenvalue weighted by Gasteiger charge is 2.30. The Balaban J connectivity index is 2.78. The van der Waals surface area contributed by atoms with Crippen LogP contribution in [-0.4, -0.2) is 25.8 Å². The summed E-state index contributed by atoms with van der Waals surface area (Å²) in [6, 6.07) is 3.34. The molecule has 88 valence electrons. The quantitative estimate of drug-likeness (QED) is 0.730. The monoisotopic (exact) mass is 232 g/mol. The molecule has 17 heavy (non-hydrogen) atoms. The van der Waals surface area contributed by atoms with Gasteiger partial charge in [-0.1, -0.05) is 0 Å². The summed E-state index contributed by atoms with van der Waals surface area (Å²) >= 11 is 0. The third kappa shape index (κ3) is 1.62. The van der Waals surface area contributed by atoms with E-state index in [4.69, 9.17) is 9.47 Å². The number of benzene rings is 1. The summed E-state index contributed by atoms with van der Waals surface area (Å²) in [6.45, 7) is 1.61. The highest BCUT2D eigenvalue weighted by molar-refractivity contribution is 6.52. The lowest BCUT2D eigenvalue weighted by atomic mass is 9.89. The van der Waals surface area contributed by atoms with Gasteiger partial charge in [0.05, 0.1) is 19.8 Å². The van der Waals surface area contributed by atoms with Crippen LogP contribution in [0.1, 0.15) is 22.8 Å². The second-order valence-corrected chi connectivity index (χ2v) is 3.74. The predicted molar refractivity (Wildman–Crippen MR) is 62.5 cm³/mol. The molecular formula is C13H12O4. The van der Waals surface area contributed by atoms with E-state index in [2.05, 4.69) is 0 Å². The summed E-state index contributed by atoms with van der Waals surface area (Å²) in [4.78, 5) is 23.6. The van der Waals surface area contributed by atoms with Crippen LogP contribution in [-0.2, 0) is 4.79 Å². The van der Waals surface area contributed by atoms with Gasteiger partial charge in [0.15, 0.2) is 0 Å². The van der Waals surface area contributed by atoms with Crippen LogP contribution in [0, 0.1) is 0 Å². The SMILES string of the molecule is COc1ccc(OC)c2c1C=C(C)C(=O)C2=O. The molecule has 4 heteroatoms. The molecule has 0 saturated heterocycles. The smallest absolute Gasteiger partial charge is 0.237 e. The molecule has 0 amide bonds. The Morgan fingerprint density at radius 3 is 2.12 bits per heavy atom. The van der Waals surface area contributed by atoms with Crippen LogP contribution in [0.4, 0.5) is 0 Å². The van der Waals surface area contributed by atoms with Gasteiger partial charge in [-0.15, -0.1) is 0 Å². The van der Waals surface area contributed by atoms with E-state index in [-0.39, 0.29) is 5.56 Å². The molecular weight excluding hydrogens is 220 g/mol. The molecule has 0 bridgehead atoms. The Bertz CT molecular complexity index is 541. The molecule has 0 unspecified atom stereocenters. The minimum Gasteiger partial charge on any atom is -0.496 e. The van der Waals surface area contributed by atoms with Crippen molar-refractivity contribution in [2.24, 2.45) is 0 Å². The lowest BCUT2D eigenvalue weighted by molar-refractivity contribution is -0.111. The molecule has 0 aliphatic heterocycles. The average Bonchev–Trinajstić information content (AvgIpc) is 2.34. The molecule has 1 aliphatic carbocycles. The fourth-order valence-corrected chi connectivity index (χ4v) is 1.88. The number of carbonyl (C=O) groups is 2. The lowest BCUT2D eigenvalue weighted by Gasteiger charge is -2.17. The van der Waals surface area contributed by atoms with Gasteiger partial charge in [0.1, 0.15) is 11.5 Å². The summed E-state index contributed by atoms with van der Waals surface area (Å²) in [5.41, 5.74) is 1.30. The van der Waals surface area contributed by atoms with E-state index in [1.54, 1.807) is 25.1 Å². The fourth-order valence-electron chi connectivity index (χ4n) is 1.88. The van der Waals surface area contributed by atoms with Crippen molar-refractivity contribution in [2.45, 2.75) is 6.92 Å². The van der Waals surface area contributed by atoms with Gasteiger partial charge in [0.2, 0.25) is 11.6 Å². The van der Waals surface area contributed by atoms with Gasteiger partial charge in [0, 0.05) is 11.1 Å².